The molecule has 0 aromatic heterocycles. The minimum absolute atomic E-state index is 0.380. The Balaban J connectivity index is 2.27. The number of fused-ring (bicyclic) bond motifs is 2. The third kappa shape index (κ3) is 2.31. The molecule has 0 aliphatic carbocycles. The standard InChI is InChI=1S/C17H13N2O3/c1-10-3-5-13-14(17(20)21-2)9-11-8-12(19-18)4-6-15(11)22-16(13)7-10/h3-9H,1-2H3/q+1. The van der Waals surface area contributed by atoms with E-state index in [2.05, 4.69) is 4.98 Å². The minimum Gasteiger partial charge on any atom is -0.465 e. The van der Waals surface area contributed by atoms with E-state index in [0.717, 1.165) is 5.56 Å². The van der Waals surface area contributed by atoms with Crippen molar-refractivity contribution in [3.05, 3.63) is 58.1 Å². The highest BCUT2D eigenvalue weighted by Gasteiger charge is 2.23. The Bertz CT molecular complexity index is 847. The third-order valence-electron chi connectivity index (χ3n) is 3.46. The van der Waals surface area contributed by atoms with Gasteiger partial charge in [0.05, 0.1) is 12.7 Å². The molecule has 22 heavy (non-hydrogen) atoms. The van der Waals surface area contributed by atoms with Crippen LogP contribution in [0.2, 0.25) is 0 Å². The average Bonchev–Trinajstić information content (AvgIpc) is 2.69. The van der Waals surface area contributed by atoms with Crippen LogP contribution in [0.3, 0.4) is 0 Å². The second kappa shape index (κ2) is 5.34. The van der Waals surface area contributed by atoms with Crippen molar-refractivity contribution in [2.75, 3.05) is 7.11 Å². The van der Waals surface area contributed by atoms with Gasteiger partial charge in [-0.2, -0.15) is 0 Å². The lowest BCUT2D eigenvalue weighted by Gasteiger charge is -2.10. The third-order valence-corrected chi connectivity index (χ3v) is 3.46. The van der Waals surface area contributed by atoms with Gasteiger partial charge in [-0.25, -0.2) is 4.79 Å². The molecule has 0 saturated carbocycles. The number of nitrogens with zero attached hydrogens (tertiary/aromatic N) is 2. The minimum atomic E-state index is -0.451. The predicted molar refractivity (Wildman–Crippen MR) is 82.3 cm³/mol. The van der Waals surface area contributed by atoms with E-state index in [-0.39, 0.29) is 0 Å². The van der Waals surface area contributed by atoms with Crippen molar-refractivity contribution in [2.24, 2.45) is 0 Å². The number of ether oxygens (including phenoxy) is 2. The molecule has 5 nitrogen and oxygen atoms in total. The van der Waals surface area contributed by atoms with Crippen molar-refractivity contribution in [1.82, 2.24) is 0 Å². The topological polar surface area (TPSA) is 63.7 Å². The van der Waals surface area contributed by atoms with Crippen molar-refractivity contribution in [2.45, 2.75) is 6.92 Å². The largest absolute Gasteiger partial charge is 0.465 e. The second-order valence-electron chi connectivity index (χ2n) is 4.97. The summed E-state index contributed by atoms with van der Waals surface area (Å²) in [5.74, 6) is 0.718. The van der Waals surface area contributed by atoms with Gasteiger partial charge in [0.1, 0.15) is 11.5 Å². The number of carbonyl (C=O) groups is 1. The monoisotopic (exact) mass is 293 g/mol. The molecule has 2 aromatic rings. The molecule has 108 valence electrons. The average molecular weight is 293 g/mol. The van der Waals surface area contributed by atoms with Crippen LogP contribution in [0, 0.1) is 12.3 Å². The molecule has 0 bridgehead atoms. The summed E-state index contributed by atoms with van der Waals surface area (Å²) in [6.45, 7) is 1.95. The van der Waals surface area contributed by atoms with Crippen LogP contribution in [-0.4, -0.2) is 13.1 Å². The summed E-state index contributed by atoms with van der Waals surface area (Å²) in [4.78, 5) is 15.3. The molecule has 1 heterocycles. The highest BCUT2D eigenvalue weighted by molar-refractivity contribution is 6.22. The van der Waals surface area contributed by atoms with Crippen molar-refractivity contribution >= 4 is 23.3 Å². The highest BCUT2D eigenvalue weighted by atomic mass is 16.5. The fraction of sp³-hybridized carbons (Fsp3) is 0.118. The quantitative estimate of drug-likeness (QED) is 0.581. The summed E-state index contributed by atoms with van der Waals surface area (Å²) in [5, 5.41) is 8.91. The molecule has 0 radical (unpaired) electrons. The molecular formula is C17H13N2O3+. The number of aryl methyl sites for hydroxylation is 1. The van der Waals surface area contributed by atoms with Gasteiger partial charge in [-0.05, 0) is 30.7 Å². The first-order valence-corrected chi connectivity index (χ1v) is 6.70. The fourth-order valence-corrected chi connectivity index (χ4v) is 2.37. The zero-order valence-electron chi connectivity index (χ0n) is 12.2. The van der Waals surface area contributed by atoms with Crippen LogP contribution in [-0.2, 0) is 9.53 Å². The van der Waals surface area contributed by atoms with Gasteiger partial charge in [-0.1, -0.05) is 12.1 Å². The van der Waals surface area contributed by atoms with Crippen molar-refractivity contribution < 1.29 is 14.3 Å². The van der Waals surface area contributed by atoms with E-state index in [0.29, 0.717) is 33.9 Å². The van der Waals surface area contributed by atoms with Crippen molar-refractivity contribution in [1.29, 1.82) is 5.39 Å². The van der Waals surface area contributed by atoms with Gasteiger partial charge in [-0.15, -0.1) is 0 Å². The van der Waals surface area contributed by atoms with Gasteiger partial charge in [0.15, 0.2) is 4.98 Å². The maximum atomic E-state index is 12.1. The van der Waals surface area contributed by atoms with Crippen LogP contribution in [0.4, 0.5) is 5.69 Å². The maximum absolute atomic E-state index is 12.1. The van der Waals surface area contributed by atoms with E-state index in [9.17, 15) is 4.79 Å². The molecule has 0 fully saturated rings. The molecule has 0 N–H and O–H groups in total. The first kappa shape index (κ1) is 13.8. The van der Waals surface area contributed by atoms with E-state index >= 15 is 0 Å². The molecule has 0 saturated heterocycles. The molecular weight excluding hydrogens is 280 g/mol. The van der Waals surface area contributed by atoms with Crippen LogP contribution in [0.1, 0.15) is 16.7 Å². The lowest BCUT2D eigenvalue weighted by molar-refractivity contribution is -0.133. The fourth-order valence-electron chi connectivity index (χ4n) is 2.37. The lowest BCUT2D eigenvalue weighted by Crippen LogP contribution is -2.04. The second-order valence-corrected chi connectivity index (χ2v) is 4.97. The normalized spacial score (nSPS) is 12.0. The summed E-state index contributed by atoms with van der Waals surface area (Å²) in [7, 11) is 1.34. The van der Waals surface area contributed by atoms with Gasteiger partial charge in [0.2, 0.25) is 5.39 Å². The molecule has 5 heteroatoms. The van der Waals surface area contributed by atoms with Crippen LogP contribution in [0.5, 0.6) is 11.5 Å². The van der Waals surface area contributed by atoms with Crippen molar-refractivity contribution in [3.8, 4) is 11.5 Å². The SMILES string of the molecule is COC(=O)C1=Cc2cc([N+]#N)ccc2Oc2cc(C)ccc21. The maximum Gasteiger partial charge on any atom is 0.385 e. The van der Waals surface area contributed by atoms with E-state index < -0.39 is 5.97 Å². The molecule has 0 atom stereocenters. The molecule has 1 aliphatic rings. The number of hydrogen-bond acceptors (Lipinski definition) is 4. The van der Waals surface area contributed by atoms with E-state index in [1.807, 2.05) is 25.1 Å². The Hall–Kier alpha value is -3.13. The number of carbonyl (C=O) groups excluding carboxylic acids is 1. The Morgan fingerprint density at radius 2 is 2.00 bits per heavy atom. The molecule has 3 rings (SSSR count). The van der Waals surface area contributed by atoms with Crippen LogP contribution >= 0.6 is 0 Å². The number of esters is 1. The van der Waals surface area contributed by atoms with Crippen molar-refractivity contribution in [3.63, 3.8) is 0 Å². The molecule has 1 aliphatic heterocycles. The Kier molecular flexibility index (Phi) is 3.36. The van der Waals surface area contributed by atoms with Gasteiger partial charge in [0.25, 0.3) is 0 Å². The zero-order chi connectivity index (χ0) is 15.7. The predicted octanol–water partition coefficient (Wildman–Crippen LogP) is 4.30. The number of rotatable bonds is 1. The zero-order valence-corrected chi connectivity index (χ0v) is 12.2. The Labute approximate surface area is 127 Å². The molecule has 0 amide bonds. The highest BCUT2D eigenvalue weighted by Crippen LogP contribution is 2.40. The number of methoxy groups -OCH3 is 1. The Morgan fingerprint density at radius 1 is 1.18 bits per heavy atom. The van der Waals surface area contributed by atoms with Crippen LogP contribution in [0.25, 0.3) is 16.6 Å². The Morgan fingerprint density at radius 3 is 2.73 bits per heavy atom. The summed E-state index contributed by atoms with van der Waals surface area (Å²) < 4.78 is 10.8. The van der Waals surface area contributed by atoms with Gasteiger partial charge < -0.3 is 9.47 Å². The molecule has 2 aromatic carbocycles. The molecule has 0 unspecified atom stereocenters. The van der Waals surface area contributed by atoms with Crippen LogP contribution < -0.4 is 4.74 Å². The van der Waals surface area contributed by atoms with Crippen LogP contribution in [0.15, 0.2) is 36.4 Å². The summed E-state index contributed by atoms with van der Waals surface area (Å²) in [6.07, 6.45) is 1.68. The lowest BCUT2D eigenvalue weighted by atomic mass is 10.0. The first-order chi connectivity index (χ1) is 10.6. The summed E-state index contributed by atoms with van der Waals surface area (Å²) in [6, 6.07) is 10.6. The smallest absolute Gasteiger partial charge is 0.385 e. The van der Waals surface area contributed by atoms with Gasteiger partial charge in [-0.3, -0.25) is 0 Å². The van der Waals surface area contributed by atoms with E-state index in [1.54, 1.807) is 24.3 Å². The first-order valence-electron chi connectivity index (χ1n) is 6.70. The van der Waals surface area contributed by atoms with Gasteiger partial charge >= 0.3 is 11.7 Å². The molecule has 0 spiro atoms. The number of hydrogen-bond donors (Lipinski definition) is 0. The van der Waals surface area contributed by atoms with Gasteiger partial charge in [0, 0.05) is 23.3 Å². The summed E-state index contributed by atoms with van der Waals surface area (Å²) >= 11 is 0. The number of benzene rings is 2. The number of diazo groups is 1. The summed E-state index contributed by atoms with van der Waals surface area (Å²) in [5.41, 5.74) is 3.10. The van der Waals surface area contributed by atoms with E-state index in [1.165, 1.54) is 7.11 Å². The van der Waals surface area contributed by atoms with E-state index in [4.69, 9.17) is 14.9 Å².